The maximum absolute atomic E-state index is 12.5. The predicted octanol–water partition coefficient (Wildman–Crippen LogP) is 3.13. The van der Waals surface area contributed by atoms with E-state index in [1.54, 1.807) is 11.9 Å². The van der Waals surface area contributed by atoms with Crippen LogP contribution in [-0.4, -0.2) is 42.1 Å². The molecule has 0 aromatic heterocycles. The highest BCUT2D eigenvalue weighted by Gasteiger charge is 2.20. The Morgan fingerprint density at radius 3 is 2.29 bits per heavy atom. The second kappa shape index (κ2) is 8.29. The normalized spacial score (nSPS) is 10.2. The number of aliphatic carboxylic acids is 1. The molecule has 1 aromatic carbocycles. The summed E-state index contributed by atoms with van der Waals surface area (Å²) in [6.07, 6.45) is 1.88. The molecule has 116 valence electrons. The van der Waals surface area contributed by atoms with Gasteiger partial charge >= 0.3 is 12.0 Å². The van der Waals surface area contributed by atoms with Crippen molar-refractivity contribution in [1.82, 2.24) is 4.90 Å². The van der Waals surface area contributed by atoms with Gasteiger partial charge in [-0.3, -0.25) is 9.69 Å². The molecular formula is C16H24N2O3. The summed E-state index contributed by atoms with van der Waals surface area (Å²) in [5, 5.41) is 8.86. The number of hydrogen-bond acceptors (Lipinski definition) is 2. The molecular weight excluding hydrogens is 268 g/mol. The molecule has 0 heterocycles. The van der Waals surface area contributed by atoms with Crippen molar-refractivity contribution in [2.75, 3.05) is 25.0 Å². The number of aryl methyl sites for hydroxylation is 1. The number of carbonyl (C=O) groups is 2. The van der Waals surface area contributed by atoms with Gasteiger partial charge in [0.2, 0.25) is 0 Å². The van der Waals surface area contributed by atoms with Crippen LogP contribution in [0.3, 0.4) is 0 Å². The standard InChI is InChI=1S/C16H24N2O3/c1-4-5-11-17(3)16(21)18(12-10-15(19)20)14-8-6-13(2)7-9-14/h6-9H,4-5,10-12H2,1-3H3,(H,19,20). The summed E-state index contributed by atoms with van der Waals surface area (Å²) in [4.78, 5) is 26.5. The number of unbranched alkanes of at least 4 members (excludes halogenated alkanes) is 1. The molecule has 0 saturated heterocycles. The number of anilines is 1. The largest absolute Gasteiger partial charge is 0.481 e. The lowest BCUT2D eigenvalue weighted by Gasteiger charge is -2.28. The molecule has 0 saturated carbocycles. The lowest BCUT2D eigenvalue weighted by atomic mass is 10.2. The van der Waals surface area contributed by atoms with E-state index in [0.717, 1.165) is 24.1 Å². The first-order chi connectivity index (χ1) is 9.95. The number of hydrogen-bond donors (Lipinski definition) is 1. The fraction of sp³-hybridized carbons (Fsp3) is 0.500. The lowest BCUT2D eigenvalue weighted by Crippen LogP contribution is -2.42. The minimum absolute atomic E-state index is 0.0682. The zero-order valence-corrected chi connectivity index (χ0v) is 13.0. The van der Waals surface area contributed by atoms with E-state index < -0.39 is 5.97 Å². The van der Waals surface area contributed by atoms with Crippen LogP contribution in [0.25, 0.3) is 0 Å². The van der Waals surface area contributed by atoms with Gasteiger partial charge in [-0.15, -0.1) is 0 Å². The quantitative estimate of drug-likeness (QED) is 0.840. The van der Waals surface area contributed by atoms with Gasteiger partial charge in [0, 0.05) is 25.8 Å². The van der Waals surface area contributed by atoms with E-state index in [0.29, 0.717) is 6.54 Å². The van der Waals surface area contributed by atoms with Gasteiger partial charge in [-0.1, -0.05) is 31.0 Å². The van der Waals surface area contributed by atoms with Crippen molar-refractivity contribution in [1.29, 1.82) is 0 Å². The van der Waals surface area contributed by atoms with E-state index in [-0.39, 0.29) is 19.0 Å². The summed E-state index contributed by atoms with van der Waals surface area (Å²) in [7, 11) is 1.75. The maximum atomic E-state index is 12.5. The molecule has 0 aliphatic heterocycles. The Balaban J connectivity index is 2.87. The van der Waals surface area contributed by atoms with Gasteiger partial charge in [-0.2, -0.15) is 0 Å². The lowest BCUT2D eigenvalue weighted by molar-refractivity contribution is -0.136. The molecule has 21 heavy (non-hydrogen) atoms. The van der Waals surface area contributed by atoms with E-state index in [9.17, 15) is 9.59 Å². The zero-order valence-electron chi connectivity index (χ0n) is 13.0. The molecule has 0 aliphatic rings. The van der Waals surface area contributed by atoms with Crippen LogP contribution in [0.4, 0.5) is 10.5 Å². The molecule has 0 bridgehead atoms. The van der Waals surface area contributed by atoms with Crippen molar-refractivity contribution in [3.05, 3.63) is 29.8 Å². The smallest absolute Gasteiger partial charge is 0.324 e. The Kier molecular flexibility index (Phi) is 6.72. The average Bonchev–Trinajstić information content (AvgIpc) is 2.46. The van der Waals surface area contributed by atoms with E-state index in [1.165, 1.54) is 4.90 Å². The molecule has 2 amide bonds. The number of urea groups is 1. The Morgan fingerprint density at radius 1 is 1.14 bits per heavy atom. The summed E-state index contributed by atoms with van der Waals surface area (Å²) < 4.78 is 0. The minimum Gasteiger partial charge on any atom is -0.481 e. The summed E-state index contributed by atoms with van der Waals surface area (Å²) in [5.74, 6) is -0.906. The van der Waals surface area contributed by atoms with E-state index in [2.05, 4.69) is 6.92 Å². The van der Waals surface area contributed by atoms with E-state index in [1.807, 2.05) is 31.2 Å². The van der Waals surface area contributed by atoms with Crippen molar-refractivity contribution in [2.24, 2.45) is 0 Å². The van der Waals surface area contributed by atoms with Crippen LogP contribution in [0.2, 0.25) is 0 Å². The highest BCUT2D eigenvalue weighted by atomic mass is 16.4. The Morgan fingerprint density at radius 2 is 1.76 bits per heavy atom. The van der Waals surface area contributed by atoms with Gasteiger partial charge in [-0.25, -0.2) is 4.79 Å². The number of nitrogens with zero attached hydrogens (tertiary/aromatic N) is 2. The summed E-state index contributed by atoms with van der Waals surface area (Å²) in [6, 6.07) is 7.38. The van der Waals surface area contributed by atoms with Gasteiger partial charge in [0.1, 0.15) is 0 Å². The first-order valence-electron chi connectivity index (χ1n) is 7.26. The maximum Gasteiger partial charge on any atom is 0.324 e. The number of rotatable bonds is 7. The van der Waals surface area contributed by atoms with Crippen LogP contribution in [0.15, 0.2) is 24.3 Å². The molecule has 0 atom stereocenters. The molecule has 1 aromatic rings. The molecule has 0 fully saturated rings. The number of benzene rings is 1. The minimum atomic E-state index is -0.906. The second-order valence-corrected chi connectivity index (χ2v) is 5.19. The molecule has 1 N–H and O–H groups in total. The third kappa shape index (κ3) is 5.45. The van der Waals surface area contributed by atoms with Crippen molar-refractivity contribution in [3.63, 3.8) is 0 Å². The van der Waals surface area contributed by atoms with Crippen molar-refractivity contribution < 1.29 is 14.7 Å². The van der Waals surface area contributed by atoms with Crippen LogP contribution in [-0.2, 0) is 4.79 Å². The van der Waals surface area contributed by atoms with Gasteiger partial charge in [0.25, 0.3) is 0 Å². The van der Waals surface area contributed by atoms with Gasteiger partial charge in [-0.05, 0) is 25.5 Å². The summed E-state index contributed by atoms with van der Waals surface area (Å²) in [6.45, 7) is 4.89. The fourth-order valence-electron chi connectivity index (χ4n) is 1.96. The monoisotopic (exact) mass is 292 g/mol. The van der Waals surface area contributed by atoms with Crippen LogP contribution in [0.1, 0.15) is 31.7 Å². The van der Waals surface area contributed by atoms with E-state index >= 15 is 0 Å². The zero-order chi connectivity index (χ0) is 15.8. The van der Waals surface area contributed by atoms with Crippen LogP contribution >= 0.6 is 0 Å². The second-order valence-electron chi connectivity index (χ2n) is 5.19. The predicted molar refractivity (Wildman–Crippen MR) is 83.7 cm³/mol. The van der Waals surface area contributed by atoms with E-state index in [4.69, 9.17) is 5.11 Å². The Hall–Kier alpha value is -2.04. The molecule has 0 radical (unpaired) electrons. The van der Waals surface area contributed by atoms with Crippen molar-refractivity contribution >= 4 is 17.7 Å². The summed E-state index contributed by atoms with van der Waals surface area (Å²) in [5.41, 5.74) is 1.83. The van der Waals surface area contributed by atoms with Crippen molar-refractivity contribution in [3.8, 4) is 0 Å². The number of carboxylic acid groups (broad SMARTS) is 1. The Labute approximate surface area is 126 Å². The molecule has 1 rings (SSSR count). The SMILES string of the molecule is CCCCN(C)C(=O)N(CCC(=O)O)c1ccc(C)cc1. The third-order valence-electron chi connectivity index (χ3n) is 3.30. The molecule has 0 aliphatic carbocycles. The molecule has 5 heteroatoms. The molecule has 0 spiro atoms. The number of amides is 2. The number of carbonyl (C=O) groups excluding carboxylic acids is 1. The topological polar surface area (TPSA) is 60.9 Å². The van der Waals surface area contributed by atoms with Crippen LogP contribution < -0.4 is 4.90 Å². The highest BCUT2D eigenvalue weighted by molar-refractivity contribution is 5.92. The fourth-order valence-corrected chi connectivity index (χ4v) is 1.96. The van der Waals surface area contributed by atoms with Crippen LogP contribution in [0, 0.1) is 6.92 Å². The van der Waals surface area contributed by atoms with Crippen molar-refractivity contribution in [2.45, 2.75) is 33.1 Å². The molecule has 0 unspecified atom stereocenters. The van der Waals surface area contributed by atoms with Gasteiger partial charge in [0.15, 0.2) is 0 Å². The van der Waals surface area contributed by atoms with Gasteiger partial charge < -0.3 is 10.0 Å². The third-order valence-corrected chi connectivity index (χ3v) is 3.30. The Bertz CT molecular complexity index is 471. The first kappa shape index (κ1) is 17.0. The average molecular weight is 292 g/mol. The number of carboxylic acids is 1. The van der Waals surface area contributed by atoms with Gasteiger partial charge in [0.05, 0.1) is 6.42 Å². The highest BCUT2D eigenvalue weighted by Crippen LogP contribution is 2.17. The molecule has 5 nitrogen and oxygen atoms in total. The summed E-state index contributed by atoms with van der Waals surface area (Å²) >= 11 is 0. The van der Waals surface area contributed by atoms with Crippen LogP contribution in [0.5, 0.6) is 0 Å². The first-order valence-corrected chi connectivity index (χ1v) is 7.26.